The quantitative estimate of drug-likeness (QED) is 0.839. The van der Waals surface area contributed by atoms with Crippen LogP contribution in [0.2, 0.25) is 0 Å². The van der Waals surface area contributed by atoms with Crippen LogP contribution in [0.4, 0.5) is 10.2 Å². The standard InChI is InChI=1S/C19H24FN3O/c1-3-16-12-19(22-14(2)21-16)23-10-8-17(9-11-23)24-13-15-6-4-5-7-18(15)20/h4-7,12,17H,3,8-11,13H2,1-2H3. The number of ether oxygens (including phenoxy) is 1. The normalized spacial score (nSPS) is 15.7. The topological polar surface area (TPSA) is 38.2 Å². The number of benzene rings is 1. The van der Waals surface area contributed by atoms with Crippen LogP contribution in [0.5, 0.6) is 0 Å². The third kappa shape index (κ3) is 4.09. The zero-order valence-corrected chi connectivity index (χ0v) is 14.3. The Bertz CT molecular complexity index is 684. The van der Waals surface area contributed by atoms with Crippen LogP contribution in [0.15, 0.2) is 30.3 Å². The SMILES string of the molecule is CCc1cc(N2CCC(OCc3ccccc3F)CC2)nc(C)n1. The molecule has 2 aromatic rings. The lowest BCUT2D eigenvalue weighted by molar-refractivity contribution is 0.0237. The fourth-order valence-corrected chi connectivity index (χ4v) is 3.03. The average Bonchev–Trinajstić information content (AvgIpc) is 2.61. The third-order valence-electron chi connectivity index (χ3n) is 4.44. The van der Waals surface area contributed by atoms with Gasteiger partial charge in [0.05, 0.1) is 12.7 Å². The summed E-state index contributed by atoms with van der Waals surface area (Å²) in [4.78, 5) is 11.3. The average molecular weight is 329 g/mol. The Morgan fingerprint density at radius 3 is 2.67 bits per heavy atom. The molecule has 1 saturated heterocycles. The summed E-state index contributed by atoms with van der Waals surface area (Å²) in [7, 11) is 0. The lowest BCUT2D eigenvalue weighted by Crippen LogP contribution is -2.37. The second kappa shape index (κ2) is 7.71. The highest BCUT2D eigenvalue weighted by molar-refractivity contribution is 5.40. The first-order chi connectivity index (χ1) is 11.7. The van der Waals surface area contributed by atoms with Crippen molar-refractivity contribution in [2.75, 3.05) is 18.0 Å². The number of anilines is 1. The van der Waals surface area contributed by atoms with Crippen LogP contribution >= 0.6 is 0 Å². The highest BCUT2D eigenvalue weighted by Crippen LogP contribution is 2.22. The molecule has 0 radical (unpaired) electrons. The van der Waals surface area contributed by atoms with E-state index in [-0.39, 0.29) is 11.9 Å². The number of nitrogens with zero attached hydrogens (tertiary/aromatic N) is 3. The van der Waals surface area contributed by atoms with Crippen LogP contribution in [-0.2, 0) is 17.8 Å². The van der Waals surface area contributed by atoms with E-state index in [0.717, 1.165) is 49.7 Å². The molecule has 1 aliphatic rings. The van der Waals surface area contributed by atoms with Gasteiger partial charge in [-0.05, 0) is 32.3 Å². The van der Waals surface area contributed by atoms with Gasteiger partial charge in [-0.2, -0.15) is 0 Å². The largest absolute Gasteiger partial charge is 0.373 e. The molecule has 0 bridgehead atoms. The summed E-state index contributed by atoms with van der Waals surface area (Å²) in [6, 6.07) is 8.87. The van der Waals surface area contributed by atoms with Crippen LogP contribution in [0.25, 0.3) is 0 Å². The number of aryl methyl sites for hydroxylation is 2. The second-order valence-electron chi connectivity index (χ2n) is 6.21. The van der Waals surface area contributed by atoms with Gasteiger partial charge in [-0.1, -0.05) is 25.1 Å². The maximum absolute atomic E-state index is 13.6. The number of aromatic nitrogens is 2. The predicted octanol–water partition coefficient (Wildman–Crippen LogP) is 3.67. The van der Waals surface area contributed by atoms with Crippen LogP contribution < -0.4 is 4.90 Å². The minimum atomic E-state index is -0.196. The molecule has 0 aliphatic carbocycles. The van der Waals surface area contributed by atoms with E-state index in [1.165, 1.54) is 6.07 Å². The van der Waals surface area contributed by atoms with E-state index in [4.69, 9.17) is 4.74 Å². The van der Waals surface area contributed by atoms with Gasteiger partial charge in [-0.3, -0.25) is 0 Å². The Morgan fingerprint density at radius 1 is 1.21 bits per heavy atom. The van der Waals surface area contributed by atoms with Gasteiger partial charge in [0, 0.05) is 30.4 Å². The molecule has 0 atom stereocenters. The van der Waals surface area contributed by atoms with E-state index in [9.17, 15) is 4.39 Å². The van der Waals surface area contributed by atoms with Crippen molar-refractivity contribution >= 4 is 5.82 Å². The Kier molecular flexibility index (Phi) is 5.41. The van der Waals surface area contributed by atoms with E-state index in [0.29, 0.717) is 12.2 Å². The van der Waals surface area contributed by atoms with E-state index in [2.05, 4.69) is 27.9 Å². The smallest absolute Gasteiger partial charge is 0.132 e. The molecule has 0 spiro atoms. The number of hydrogen-bond acceptors (Lipinski definition) is 4. The minimum absolute atomic E-state index is 0.175. The molecule has 5 heteroatoms. The van der Waals surface area contributed by atoms with Gasteiger partial charge in [0.25, 0.3) is 0 Å². The molecule has 1 aromatic heterocycles. The molecule has 1 aromatic carbocycles. The summed E-state index contributed by atoms with van der Waals surface area (Å²) >= 11 is 0. The second-order valence-corrected chi connectivity index (χ2v) is 6.21. The summed E-state index contributed by atoms with van der Waals surface area (Å²) in [5.41, 5.74) is 1.70. The monoisotopic (exact) mass is 329 g/mol. The number of rotatable bonds is 5. The van der Waals surface area contributed by atoms with Gasteiger partial charge in [0.15, 0.2) is 0 Å². The molecule has 3 rings (SSSR count). The lowest BCUT2D eigenvalue weighted by Gasteiger charge is -2.33. The maximum atomic E-state index is 13.6. The number of piperidine rings is 1. The first-order valence-electron chi connectivity index (χ1n) is 8.60. The summed E-state index contributed by atoms with van der Waals surface area (Å²) < 4.78 is 19.5. The highest BCUT2D eigenvalue weighted by Gasteiger charge is 2.21. The van der Waals surface area contributed by atoms with Crippen LogP contribution in [0.3, 0.4) is 0 Å². The Balaban J connectivity index is 1.54. The van der Waals surface area contributed by atoms with Crippen molar-refractivity contribution in [2.45, 2.75) is 45.8 Å². The molecule has 2 heterocycles. The van der Waals surface area contributed by atoms with Crippen molar-refractivity contribution in [2.24, 2.45) is 0 Å². The van der Waals surface area contributed by atoms with Crippen molar-refractivity contribution < 1.29 is 9.13 Å². The van der Waals surface area contributed by atoms with Crippen molar-refractivity contribution in [1.82, 2.24) is 9.97 Å². The van der Waals surface area contributed by atoms with Gasteiger partial charge >= 0.3 is 0 Å². The number of halogens is 1. The molecule has 0 saturated carbocycles. The predicted molar refractivity (Wildman–Crippen MR) is 92.6 cm³/mol. The van der Waals surface area contributed by atoms with Crippen LogP contribution in [0.1, 0.15) is 36.8 Å². The fourth-order valence-electron chi connectivity index (χ4n) is 3.03. The van der Waals surface area contributed by atoms with Gasteiger partial charge in [-0.25, -0.2) is 14.4 Å². The molecule has 0 amide bonds. The zero-order chi connectivity index (χ0) is 16.9. The lowest BCUT2D eigenvalue weighted by atomic mass is 10.1. The van der Waals surface area contributed by atoms with Crippen LogP contribution in [-0.4, -0.2) is 29.2 Å². The minimum Gasteiger partial charge on any atom is -0.373 e. The molecule has 4 nitrogen and oxygen atoms in total. The van der Waals surface area contributed by atoms with Gasteiger partial charge in [0.1, 0.15) is 17.5 Å². The summed E-state index contributed by atoms with van der Waals surface area (Å²) in [5.74, 6) is 1.63. The Labute approximate surface area is 142 Å². The van der Waals surface area contributed by atoms with E-state index < -0.39 is 0 Å². The van der Waals surface area contributed by atoms with Crippen LogP contribution in [0, 0.1) is 12.7 Å². The zero-order valence-electron chi connectivity index (χ0n) is 14.3. The van der Waals surface area contributed by atoms with Gasteiger partial charge < -0.3 is 9.64 Å². The van der Waals surface area contributed by atoms with E-state index in [1.54, 1.807) is 12.1 Å². The molecule has 0 unspecified atom stereocenters. The Hall–Kier alpha value is -2.01. The third-order valence-corrected chi connectivity index (χ3v) is 4.44. The molecule has 1 fully saturated rings. The molecule has 128 valence electrons. The van der Waals surface area contributed by atoms with Crippen molar-refractivity contribution in [3.63, 3.8) is 0 Å². The van der Waals surface area contributed by atoms with Crippen molar-refractivity contribution in [3.8, 4) is 0 Å². The summed E-state index contributed by atoms with van der Waals surface area (Å²) in [6.07, 6.45) is 2.95. The van der Waals surface area contributed by atoms with E-state index in [1.807, 2.05) is 13.0 Å². The van der Waals surface area contributed by atoms with Gasteiger partial charge in [0.2, 0.25) is 0 Å². The summed E-state index contributed by atoms with van der Waals surface area (Å²) in [6.45, 7) is 6.19. The number of hydrogen-bond donors (Lipinski definition) is 0. The Morgan fingerprint density at radius 2 is 1.96 bits per heavy atom. The van der Waals surface area contributed by atoms with Gasteiger partial charge in [-0.15, -0.1) is 0 Å². The van der Waals surface area contributed by atoms with E-state index >= 15 is 0 Å². The van der Waals surface area contributed by atoms with Crippen molar-refractivity contribution in [1.29, 1.82) is 0 Å². The summed E-state index contributed by atoms with van der Waals surface area (Å²) in [5, 5.41) is 0. The maximum Gasteiger partial charge on any atom is 0.132 e. The first kappa shape index (κ1) is 16.8. The highest BCUT2D eigenvalue weighted by atomic mass is 19.1. The molecule has 1 aliphatic heterocycles. The first-order valence-corrected chi connectivity index (χ1v) is 8.60. The molecular weight excluding hydrogens is 305 g/mol. The fraction of sp³-hybridized carbons (Fsp3) is 0.474. The molecule has 24 heavy (non-hydrogen) atoms. The molecule has 0 N–H and O–H groups in total. The molecular formula is C19H24FN3O. The van der Waals surface area contributed by atoms with Crippen molar-refractivity contribution in [3.05, 3.63) is 53.2 Å².